The summed E-state index contributed by atoms with van der Waals surface area (Å²) >= 11 is 7.84. The standard InChI is InChI=1S/C9H9BrN2O2S/c1-14-7-3-2-5(10)4-6(7)8(13)12-9(11)15/h2-4H,1H3,(H3,11,12,13,15). The number of carbonyl (C=O) groups excluding carboxylic acids is 1. The molecule has 0 fully saturated rings. The van der Waals surface area contributed by atoms with Gasteiger partial charge in [0, 0.05) is 4.47 Å². The van der Waals surface area contributed by atoms with Crippen molar-refractivity contribution in [2.75, 3.05) is 7.11 Å². The maximum absolute atomic E-state index is 11.6. The molecule has 80 valence electrons. The lowest BCUT2D eigenvalue weighted by atomic mass is 10.2. The number of thiocarbonyl (C=S) groups is 1. The van der Waals surface area contributed by atoms with Gasteiger partial charge >= 0.3 is 0 Å². The minimum Gasteiger partial charge on any atom is -0.496 e. The minimum absolute atomic E-state index is 0.0676. The molecule has 1 amide bonds. The Morgan fingerprint density at radius 3 is 2.80 bits per heavy atom. The number of ether oxygens (including phenoxy) is 1. The molecule has 0 saturated heterocycles. The summed E-state index contributed by atoms with van der Waals surface area (Å²) in [7, 11) is 1.49. The van der Waals surface area contributed by atoms with E-state index in [1.54, 1.807) is 18.2 Å². The number of halogens is 1. The Hall–Kier alpha value is -1.14. The number of rotatable bonds is 2. The van der Waals surface area contributed by atoms with Gasteiger partial charge in [-0.15, -0.1) is 0 Å². The summed E-state index contributed by atoms with van der Waals surface area (Å²) in [5, 5.41) is 2.26. The zero-order chi connectivity index (χ0) is 11.4. The molecule has 3 N–H and O–H groups in total. The molecule has 0 radical (unpaired) electrons. The quantitative estimate of drug-likeness (QED) is 0.808. The molecular weight excluding hydrogens is 280 g/mol. The first kappa shape index (κ1) is 11.9. The molecule has 0 bridgehead atoms. The fraction of sp³-hybridized carbons (Fsp3) is 0.111. The maximum atomic E-state index is 11.6. The van der Waals surface area contributed by atoms with Crippen LogP contribution in [0.3, 0.4) is 0 Å². The van der Waals surface area contributed by atoms with Gasteiger partial charge in [-0.25, -0.2) is 0 Å². The molecule has 1 aromatic rings. The van der Waals surface area contributed by atoms with Crippen molar-refractivity contribution >= 4 is 39.2 Å². The van der Waals surface area contributed by atoms with Gasteiger partial charge in [0.05, 0.1) is 12.7 Å². The zero-order valence-corrected chi connectivity index (χ0v) is 10.3. The highest BCUT2D eigenvalue weighted by atomic mass is 79.9. The van der Waals surface area contributed by atoms with E-state index in [1.807, 2.05) is 0 Å². The van der Waals surface area contributed by atoms with E-state index in [2.05, 4.69) is 33.5 Å². The second kappa shape index (κ2) is 5.09. The number of benzene rings is 1. The van der Waals surface area contributed by atoms with Crippen LogP contribution in [0.5, 0.6) is 5.75 Å². The van der Waals surface area contributed by atoms with E-state index >= 15 is 0 Å². The summed E-state index contributed by atoms with van der Waals surface area (Å²) in [5.41, 5.74) is 5.58. The van der Waals surface area contributed by atoms with Gasteiger partial charge in [-0.3, -0.25) is 10.1 Å². The smallest absolute Gasteiger partial charge is 0.261 e. The van der Waals surface area contributed by atoms with E-state index in [4.69, 9.17) is 10.5 Å². The van der Waals surface area contributed by atoms with Crippen LogP contribution in [0, 0.1) is 0 Å². The number of nitrogens with one attached hydrogen (secondary N) is 1. The summed E-state index contributed by atoms with van der Waals surface area (Å²) in [6, 6.07) is 5.08. The second-order valence-electron chi connectivity index (χ2n) is 2.66. The number of nitrogens with two attached hydrogens (primary N) is 1. The molecule has 15 heavy (non-hydrogen) atoms. The molecule has 0 saturated carbocycles. The van der Waals surface area contributed by atoms with E-state index in [0.717, 1.165) is 4.47 Å². The Kier molecular flexibility index (Phi) is 4.05. The fourth-order valence-electron chi connectivity index (χ4n) is 1.04. The molecule has 0 heterocycles. The van der Waals surface area contributed by atoms with Crippen molar-refractivity contribution in [3.05, 3.63) is 28.2 Å². The first-order valence-electron chi connectivity index (χ1n) is 3.99. The van der Waals surface area contributed by atoms with Crippen molar-refractivity contribution < 1.29 is 9.53 Å². The van der Waals surface area contributed by atoms with Crippen molar-refractivity contribution in [2.45, 2.75) is 0 Å². The number of carbonyl (C=O) groups is 1. The van der Waals surface area contributed by atoms with Crippen molar-refractivity contribution in [3.63, 3.8) is 0 Å². The third-order valence-electron chi connectivity index (χ3n) is 1.64. The Bertz CT molecular complexity index is 409. The van der Waals surface area contributed by atoms with E-state index in [1.165, 1.54) is 7.11 Å². The Labute approximate surface area is 101 Å². The van der Waals surface area contributed by atoms with Crippen LogP contribution in [-0.2, 0) is 0 Å². The van der Waals surface area contributed by atoms with Gasteiger partial charge in [-0.2, -0.15) is 0 Å². The lowest BCUT2D eigenvalue weighted by Crippen LogP contribution is -2.34. The van der Waals surface area contributed by atoms with Gasteiger partial charge in [0.25, 0.3) is 5.91 Å². The first-order valence-corrected chi connectivity index (χ1v) is 5.19. The summed E-state index contributed by atoms with van der Waals surface area (Å²) in [4.78, 5) is 11.6. The average Bonchev–Trinajstić information content (AvgIpc) is 2.16. The number of hydrogen-bond acceptors (Lipinski definition) is 3. The average molecular weight is 289 g/mol. The van der Waals surface area contributed by atoms with E-state index in [0.29, 0.717) is 11.3 Å². The van der Waals surface area contributed by atoms with Crippen molar-refractivity contribution in [1.29, 1.82) is 0 Å². The van der Waals surface area contributed by atoms with Crippen LogP contribution in [0.15, 0.2) is 22.7 Å². The monoisotopic (exact) mass is 288 g/mol. The van der Waals surface area contributed by atoms with Crippen LogP contribution in [0.1, 0.15) is 10.4 Å². The van der Waals surface area contributed by atoms with E-state index in [9.17, 15) is 4.79 Å². The lowest BCUT2D eigenvalue weighted by Gasteiger charge is -2.08. The van der Waals surface area contributed by atoms with Gasteiger partial charge in [-0.1, -0.05) is 15.9 Å². The lowest BCUT2D eigenvalue weighted by molar-refractivity contribution is 0.0974. The number of hydrogen-bond donors (Lipinski definition) is 2. The molecule has 1 aromatic carbocycles. The van der Waals surface area contributed by atoms with Crippen LogP contribution in [-0.4, -0.2) is 18.1 Å². The predicted octanol–water partition coefficient (Wildman–Crippen LogP) is 1.43. The van der Waals surface area contributed by atoms with Gasteiger partial charge in [0.15, 0.2) is 5.11 Å². The van der Waals surface area contributed by atoms with E-state index < -0.39 is 0 Å². The third kappa shape index (κ3) is 3.17. The van der Waals surface area contributed by atoms with E-state index in [-0.39, 0.29) is 11.0 Å². The molecule has 6 heteroatoms. The van der Waals surface area contributed by atoms with Gasteiger partial charge in [-0.05, 0) is 30.4 Å². The van der Waals surface area contributed by atoms with Crippen LogP contribution >= 0.6 is 28.1 Å². The molecule has 1 rings (SSSR count). The summed E-state index contributed by atoms with van der Waals surface area (Å²) in [6.45, 7) is 0. The highest BCUT2D eigenvalue weighted by Crippen LogP contribution is 2.22. The molecule has 0 unspecified atom stereocenters. The summed E-state index contributed by atoms with van der Waals surface area (Å²) in [5.74, 6) is 0.0765. The van der Waals surface area contributed by atoms with Gasteiger partial charge < -0.3 is 10.5 Å². The van der Waals surface area contributed by atoms with Crippen molar-refractivity contribution in [1.82, 2.24) is 5.32 Å². The Balaban J connectivity index is 3.05. The normalized spacial score (nSPS) is 9.47. The topological polar surface area (TPSA) is 64.3 Å². The Morgan fingerprint density at radius 2 is 2.27 bits per heavy atom. The van der Waals surface area contributed by atoms with Crippen LogP contribution in [0.2, 0.25) is 0 Å². The van der Waals surface area contributed by atoms with Crippen LogP contribution in [0.4, 0.5) is 0 Å². The molecule has 4 nitrogen and oxygen atoms in total. The molecular formula is C9H9BrN2O2S. The second-order valence-corrected chi connectivity index (χ2v) is 4.02. The van der Waals surface area contributed by atoms with Crippen molar-refractivity contribution in [3.8, 4) is 5.75 Å². The summed E-state index contributed by atoms with van der Waals surface area (Å²) < 4.78 is 5.81. The van der Waals surface area contributed by atoms with Gasteiger partial charge in [0.2, 0.25) is 0 Å². The Morgan fingerprint density at radius 1 is 1.60 bits per heavy atom. The minimum atomic E-state index is -0.388. The molecule has 0 spiro atoms. The highest BCUT2D eigenvalue weighted by Gasteiger charge is 2.12. The molecule has 0 aromatic heterocycles. The van der Waals surface area contributed by atoms with Crippen LogP contribution in [0.25, 0.3) is 0 Å². The van der Waals surface area contributed by atoms with Crippen LogP contribution < -0.4 is 15.8 Å². The number of amides is 1. The first-order chi connectivity index (χ1) is 7.04. The van der Waals surface area contributed by atoms with Gasteiger partial charge in [0.1, 0.15) is 5.75 Å². The zero-order valence-electron chi connectivity index (χ0n) is 7.91. The molecule has 0 atom stereocenters. The molecule has 0 aliphatic rings. The molecule has 0 aliphatic heterocycles. The maximum Gasteiger partial charge on any atom is 0.261 e. The van der Waals surface area contributed by atoms with Crippen molar-refractivity contribution in [2.24, 2.45) is 5.73 Å². The third-order valence-corrected chi connectivity index (χ3v) is 2.24. The fourth-order valence-corrected chi connectivity index (χ4v) is 1.49. The largest absolute Gasteiger partial charge is 0.496 e. The predicted molar refractivity (Wildman–Crippen MR) is 64.9 cm³/mol. The summed E-state index contributed by atoms with van der Waals surface area (Å²) in [6.07, 6.45) is 0. The number of methoxy groups -OCH3 is 1. The molecule has 0 aliphatic carbocycles. The SMILES string of the molecule is COc1ccc(Br)cc1C(=O)NC(N)=S. The highest BCUT2D eigenvalue weighted by molar-refractivity contribution is 9.10.